The SMILES string of the molecule is CCC1NC(c2cccs2)N(C2CCN(C)CC2C)C1=O. The van der Waals surface area contributed by atoms with E-state index in [-0.39, 0.29) is 18.1 Å². The Labute approximate surface area is 131 Å². The maximum Gasteiger partial charge on any atom is 0.241 e. The summed E-state index contributed by atoms with van der Waals surface area (Å²) in [7, 11) is 2.17. The molecule has 2 saturated heterocycles. The van der Waals surface area contributed by atoms with Crippen LogP contribution in [0.25, 0.3) is 0 Å². The Bertz CT molecular complexity index is 490. The molecule has 4 nitrogen and oxygen atoms in total. The van der Waals surface area contributed by atoms with Crippen molar-refractivity contribution in [3.05, 3.63) is 22.4 Å². The van der Waals surface area contributed by atoms with E-state index in [0.717, 1.165) is 25.9 Å². The Morgan fingerprint density at radius 2 is 2.29 bits per heavy atom. The van der Waals surface area contributed by atoms with Gasteiger partial charge in [-0.2, -0.15) is 0 Å². The number of nitrogens with one attached hydrogen (secondary N) is 1. The lowest BCUT2D eigenvalue weighted by Crippen LogP contribution is -2.51. The number of likely N-dealkylation sites (tertiary alicyclic amines) is 1. The van der Waals surface area contributed by atoms with E-state index in [1.54, 1.807) is 11.3 Å². The fourth-order valence-corrected chi connectivity index (χ4v) is 4.50. The van der Waals surface area contributed by atoms with Gasteiger partial charge in [0.2, 0.25) is 5.91 Å². The van der Waals surface area contributed by atoms with Gasteiger partial charge in [-0.15, -0.1) is 11.3 Å². The van der Waals surface area contributed by atoms with Crippen LogP contribution in [0, 0.1) is 5.92 Å². The highest BCUT2D eigenvalue weighted by Crippen LogP contribution is 2.35. The van der Waals surface area contributed by atoms with E-state index in [9.17, 15) is 4.79 Å². The molecule has 2 aliphatic heterocycles. The maximum absolute atomic E-state index is 12.8. The summed E-state index contributed by atoms with van der Waals surface area (Å²) >= 11 is 1.74. The molecule has 5 heteroatoms. The van der Waals surface area contributed by atoms with Crippen LogP contribution in [0.5, 0.6) is 0 Å². The molecule has 4 unspecified atom stereocenters. The van der Waals surface area contributed by atoms with Crippen LogP contribution in [0.15, 0.2) is 17.5 Å². The molecule has 1 amide bonds. The van der Waals surface area contributed by atoms with E-state index in [1.807, 2.05) is 0 Å². The normalized spacial score (nSPS) is 34.6. The molecule has 3 rings (SSSR count). The number of hydrogen-bond donors (Lipinski definition) is 1. The number of hydrogen-bond acceptors (Lipinski definition) is 4. The number of nitrogens with zero attached hydrogens (tertiary/aromatic N) is 2. The van der Waals surface area contributed by atoms with E-state index in [0.29, 0.717) is 12.0 Å². The van der Waals surface area contributed by atoms with Crippen LogP contribution in [0.2, 0.25) is 0 Å². The average molecular weight is 307 g/mol. The summed E-state index contributed by atoms with van der Waals surface area (Å²) in [6.45, 7) is 6.51. The summed E-state index contributed by atoms with van der Waals surface area (Å²) in [5, 5.41) is 5.64. The summed E-state index contributed by atoms with van der Waals surface area (Å²) in [4.78, 5) is 18.6. The molecule has 1 aromatic heterocycles. The van der Waals surface area contributed by atoms with Crippen LogP contribution in [-0.4, -0.2) is 47.9 Å². The Kier molecular flexibility index (Phi) is 4.33. The largest absolute Gasteiger partial charge is 0.317 e. The molecule has 0 aliphatic carbocycles. The second kappa shape index (κ2) is 6.07. The summed E-state index contributed by atoms with van der Waals surface area (Å²) in [6, 6.07) is 4.54. The predicted molar refractivity (Wildman–Crippen MR) is 86.2 cm³/mol. The first kappa shape index (κ1) is 15.0. The zero-order chi connectivity index (χ0) is 15.0. The molecule has 1 aromatic rings. The predicted octanol–water partition coefficient (Wildman–Crippen LogP) is 2.30. The van der Waals surface area contributed by atoms with Crippen molar-refractivity contribution in [2.75, 3.05) is 20.1 Å². The monoisotopic (exact) mass is 307 g/mol. The highest BCUT2D eigenvalue weighted by atomic mass is 32.1. The first-order valence-corrected chi connectivity index (χ1v) is 8.80. The fourth-order valence-electron chi connectivity index (χ4n) is 3.72. The molecule has 0 saturated carbocycles. The highest BCUT2D eigenvalue weighted by Gasteiger charge is 2.45. The molecule has 0 bridgehead atoms. The molecule has 21 heavy (non-hydrogen) atoms. The van der Waals surface area contributed by atoms with Crippen molar-refractivity contribution in [3.63, 3.8) is 0 Å². The van der Waals surface area contributed by atoms with Crippen molar-refractivity contribution in [3.8, 4) is 0 Å². The quantitative estimate of drug-likeness (QED) is 0.931. The third-order valence-corrected chi connectivity index (χ3v) is 5.76. The topological polar surface area (TPSA) is 35.6 Å². The summed E-state index contributed by atoms with van der Waals surface area (Å²) < 4.78 is 0. The maximum atomic E-state index is 12.8. The first-order valence-electron chi connectivity index (χ1n) is 7.92. The van der Waals surface area contributed by atoms with Crippen molar-refractivity contribution in [2.45, 2.75) is 44.9 Å². The number of carbonyl (C=O) groups is 1. The van der Waals surface area contributed by atoms with E-state index in [1.165, 1.54) is 4.88 Å². The molecule has 0 spiro atoms. The summed E-state index contributed by atoms with van der Waals surface area (Å²) in [5.41, 5.74) is 0. The van der Waals surface area contributed by atoms with Crippen LogP contribution < -0.4 is 5.32 Å². The molecular formula is C16H25N3OS. The molecular weight excluding hydrogens is 282 g/mol. The minimum Gasteiger partial charge on any atom is -0.317 e. The molecule has 116 valence electrons. The molecule has 2 aliphatic rings. The number of piperidine rings is 1. The highest BCUT2D eigenvalue weighted by molar-refractivity contribution is 7.10. The van der Waals surface area contributed by atoms with Gasteiger partial charge in [-0.1, -0.05) is 19.9 Å². The Morgan fingerprint density at radius 3 is 2.90 bits per heavy atom. The van der Waals surface area contributed by atoms with Gasteiger partial charge >= 0.3 is 0 Å². The van der Waals surface area contributed by atoms with E-state index >= 15 is 0 Å². The van der Waals surface area contributed by atoms with Gasteiger partial charge in [0.1, 0.15) is 6.17 Å². The Morgan fingerprint density at radius 1 is 1.48 bits per heavy atom. The van der Waals surface area contributed by atoms with Crippen LogP contribution in [0.3, 0.4) is 0 Å². The fraction of sp³-hybridized carbons (Fsp3) is 0.688. The van der Waals surface area contributed by atoms with Gasteiger partial charge in [-0.05, 0) is 43.8 Å². The molecule has 2 fully saturated rings. The van der Waals surface area contributed by atoms with Crippen molar-refractivity contribution >= 4 is 17.2 Å². The second-order valence-corrected chi connectivity index (χ2v) is 7.37. The third-order valence-electron chi connectivity index (χ3n) is 4.83. The lowest BCUT2D eigenvalue weighted by molar-refractivity contribution is -0.134. The van der Waals surface area contributed by atoms with Gasteiger partial charge in [0.15, 0.2) is 0 Å². The minimum atomic E-state index is -0.0241. The van der Waals surface area contributed by atoms with Crippen LogP contribution in [-0.2, 0) is 4.79 Å². The minimum absolute atomic E-state index is 0.0241. The smallest absolute Gasteiger partial charge is 0.241 e. The molecule has 3 heterocycles. The Balaban J connectivity index is 1.87. The van der Waals surface area contributed by atoms with Crippen LogP contribution in [0.1, 0.15) is 37.7 Å². The molecule has 1 N–H and O–H groups in total. The van der Waals surface area contributed by atoms with Crippen LogP contribution >= 0.6 is 11.3 Å². The molecule has 0 radical (unpaired) electrons. The second-order valence-electron chi connectivity index (χ2n) is 6.39. The molecule has 0 aromatic carbocycles. The van der Waals surface area contributed by atoms with Gasteiger partial charge in [0.25, 0.3) is 0 Å². The van der Waals surface area contributed by atoms with Gasteiger partial charge in [-0.3, -0.25) is 10.1 Å². The van der Waals surface area contributed by atoms with Crippen molar-refractivity contribution < 1.29 is 4.79 Å². The van der Waals surface area contributed by atoms with Gasteiger partial charge in [-0.25, -0.2) is 0 Å². The third kappa shape index (κ3) is 2.74. The van der Waals surface area contributed by atoms with Crippen molar-refractivity contribution in [1.82, 2.24) is 15.1 Å². The van der Waals surface area contributed by atoms with Gasteiger partial charge in [0.05, 0.1) is 6.04 Å². The van der Waals surface area contributed by atoms with E-state index in [4.69, 9.17) is 0 Å². The first-order chi connectivity index (χ1) is 10.1. The molecule has 4 atom stereocenters. The van der Waals surface area contributed by atoms with Crippen molar-refractivity contribution in [2.24, 2.45) is 5.92 Å². The lowest BCUT2D eigenvalue weighted by atomic mass is 9.92. The van der Waals surface area contributed by atoms with Crippen molar-refractivity contribution in [1.29, 1.82) is 0 Å². The van der Waals surface area contributed by atoms with Gasteiger partial charge < -0.3 is 9.80 Å². The van der Waals surface area contributed by atoms with E-state index < -0.39 is 0 Å². The summed E-state index contributed by atoms with van der Waals surface area (Å²) in [6.07, 6.45) is 2.00. The van der Waals surface area contributed by atoms with Gasteiger partial charge in [0, 0.05) is 17.5 Å². The zero-order valence-electron chi connectivity index (χ0n) is 13.1. The van der Waals surface area contributed by atoms with Crippen LogP contribution in [0.4, 0.5) is 0 Å². The average Bonchev–Trinajstić information content (AvgIpc) is 3.07. The van der Waals surface area contributed by atoms with E-state index in [2.05, 4.69) is 53.5 Å². The number of rotatable bonds is 3. The number of carbonyl (C=O) groups excluding carboxylic acids is 1. The summed E-state index contributed by atoms with van der Waals surface area (Å²) in [5.74, 6) is 0.810. The lowest BCUT2D eigenvalue weighted by Gasteiger charge is -2.42. The number of thiophene rings is 1. The zero-order valence-corrected chi connectivity index (χ0v) is 13.9. The number of amides is 1. The Hall–Kier alpha value is -0.910. The standard InChI is InChI=1S/C16H25N3OS/c1-4-12-16(20)19(13-7-8-18(3)10-11(13)2)15(17-12)14-6-5-9-21-14/h5-6,9,11-13,15,17H,4,7-8,10H2,1-3H3.